The van der Waals surface area contributed by atoms with Crippen molar-refractivity contribution in [2.75, 3.05) is 27.9 Å². The van der Waals surface area contributed by atoms with E-state index >= 15 is 0 Å². The minimum Gasteiger partial charge on any atom is -0.493 e. The number of hydrogen-bond donors (Lipinski definition) is 2. The molecule has 3 atom stereocenters. The number of fused-ring (bicyclic) bond motifs is 1. The summed E-state index contributed by atoms with van der Waals surface area (Å²) in [6, 6.07) is 2.55. The van der Waals surface area contributed by atoms with Gasteiger partial charge >= 0.3 is 0 Å². The number of amides is 3. The van der Waals surface area contributed by atoms with Gasteiger partial charge in [-0.1, -0.05) is 0 Å². The van der Waals surface area contributed by atoms with Crippen molar-refractivity contribution in [3.05, 3.63) is 17.7 Å². The number of carbonyl (C=O) groups is 3. The average molecular weight is 365 g/mol. The minimum absolute atomic E-state index is 0.283. The number of imide groups is 1. The number of carbonyl (C=O) groups excluding carboxylic acids is 3. The lowest BCUT2D eigenvalue weighted by atomic mass is 9.90. The van der Waals surface area contributed by atoms with Gasteiger partial charge in [0.2, 0.25) is 17.6 Å². The molecule has 2 aliphatic rings. The molecule has 0 radical (unpaired) electrons. The molecule has 3 rings (SSSR count). The summed E-state index contributed by atoms with van der Waals surface area (Å²) in [5.74, 6) is -1.40. The number of methoxy groups -OCH3 is 3. The smallest absolute Gasteiger partial charge is 0.258 e. The lowest BCUT2D eigenvalue weighted by Crippen LogP contribution is -2.37. The van der Waals surface area contributed by atoms with Gasteiger partial charge in [0.1, 0.15) is 6.54 Å². The molecular formula is C16H19N3O7. The van der Waals surface area contributed by atoms with Gasteiger partial charge in [0.15, 0.2) is 17.6 Å². The van der Waals surface area contributed by atoms with Crippen LogP contribution in [0.2, 0.25) is 0 Å². The molecule has 3 unspecified atom stereocenters. The SMILES string of the molecule is COc1cc(C2C3C(=O)NC(=O)C3ON2CC(N)=O)cc(OC)c1OC. The highest BCUT2D eigenvalue weighted by Gasteiger charge is 2.56. The summed E-state index contributed by atoms with van der Waals surface area (Å²) in [7, 11) is 4.39. The molecule has 26 heavy (non-hydrogen) atoms. The van der Waals surface area contributed by atoms with Crippen molar-refractivity contribution in [3.8, 4) is 17.2 Å². The van der Waals surface area contributed by atoms with Crippen molar-refractivity contribution < 1.29 is 33.4 Å². The molecule has 10 nitrogen and oxygen atoms in total. The number of primary amides is 1. The predicted octanol–water partition coefficient (Wildman–Crippen LogP) is -0.873. The van der Waals surface area contributed by atoms with E-state index in [1.54, 1.807) is 12.1 Å². The first-order valence-corrected chi connectivity index (χ1v) is 7.77. The van der Waals surface area contributed by atoms with Gasteiger partial charge in [-0.25, -0.2) is 0 Å². The Balaban J connectivity index is 2.10. The lowest BCUT2D eigenvalue weighted by Gasteiger charge is -2.25. The van der Waals surface area contributed by atoms with Crippen LogP contribution in [0, 0.1) is 5.92 Å². The maximum absolute atomic E-state index is 12.3. The summed E-state index contributed by atoms with van der Waals surface area (Å²) >= 11 is 0. The van der Waals surface area contributed by atoms with Gasteiger partial charge in [0.05, 0.1) is 33.3 Å². The van der Waals surface area contributed by atoms with Crippen LogP contribution in [0.4, 0.5) is 0 Å². The van der Waals surface area contributed by atoms with Gasteiger partial charge < -0.3 is 19.9 Å². The van der Waals surface area contributed by atoms with E-state index in [9.17, 15) is 14.4 Å². The Morgan fingerprint density at radius 2 is 1.77 bits per heavy atom. The third-order valence-electron chi connectivity index (χ3n) is 4.37. The highest BCUT2D eigenvalue weighted by atomic mass is 16.7. The van der Waals surface area contributed by atoms with E-state index < -0.39 is 35.8 Å². The van der Waals surface area contributed by atoms with E-state index in [0.717, 1.165) is 0 Å². The Labute approximate surface area is 149 Å². The normalized spacial score (nSPS) is 25.0. The zero-order valence-corrected chi connectivity index (χ0v) is 14.5. The van der Waals surface area contributed by atoms with E-state index in [4.69, 9.17) is 24.8 Å². The maximum atomic E-state index is 12.3. The number of ether oxygens (including phenoxy) is 3. The Morgan fingerprint density at radius 1 is 1.15 bits per heavy atom. The third-order valence-corrected chi connectivity index (χ3v) is 4.37. The van der Waals surface area contributed by atoms with E-state index in [-0.39, 0.29) is 6.54 Å². The monoisotopic (exact) mass is 365 g/mol. The molecule has 3 amide bonds. The number of hydrogen-bond acceptors (Lipinski definition) is 8. The Hall–Kier alpha value is -2.85. The molecule has 0 spiro atoms. The van der Waals surface area contributed by atoms with Crippen LogP contribution in [-0.2, 0) is 19.2 Å². The Bertz CT molecular complexity index is 741. The molecule has 0 bridgehead atoms. The van der Waals surface area contributed by atoms with E-state index in [2.05, 4.69) is 5.32 Å². The maximum Gasteiger partial charge on any atom is 0.258 e. The largest absolute Gasteiger partial charge is 0.493 e. The summed E-state index contributed by atoms with van der Waals surface area (Å²) in [4.78, 5) is 41.2. The highest BCUT2D eigenvalue weighted by molar-refractivity contribution is 6.07. The van der Waals surface area contributed by atoms with Crippen LogP contribution in [-0.4, -0.2) is 56.8 Å². The molecule has 10 heteroatoms. The van der Waals surface area contributed by atoms with Gasteiger partial charge in [0, 0.05) is 0 Å². The summed E-state index contributed by atoms with van der Waals surface area (Å²) in [5, 5.41) is 3.48. The zero-order valence-electron chi connectivity index (χ0n) is 14.5. The van der Waals surface area contributed by atoms with Crippen molar-refractivity contribution in [2.45, 2.75) is 12.1 Å². The fourth-order valence-corrected chi connectivity index (χ4v) is 3.32. The molecule has 0 aromatic heterocycles. The van der Waals surface area contributed by atoms with E-state index in [1.807, 2.05) is 0 Å². The van der Waals surface area contributed by atoms with Crippen molar-refractivity contribution >= 4 is 17.7 Å². The van der Waals surface area contributed by atoms with Crippen LogP contribution in [0.3, 0.4) is 0 Å². The van der Waals surface area contributed by atoms with E-state index in [0.29, 0.717) is 22.8 Å². The first-order valence-electron chi connectivity index (χ1n) is 7.77. The standard InChI is InChI=1S/C16H19N3O7/c1-23-8-4-7(5-9(24-2)13(8)25-3)12-11-14(16(22)18-15(11)21)26-19(12)6-10(17)20/h4-5,11-12,14H,6H2,1-3H3,(H2,17,20)(H,18,21,22). The Kier molecular flexibility index (Phi) is 4.70. The minimum atomic E-state index is -1.02. The van der Waals surface area contributed by atoms with Gasteiger partial charge in [0.25, 0.3) is 5.91 Å². The molecule has 1 aromatic carbocycles. The van der Waals surface area contributed by atoms with Crippen LogP contribution < -0.4 is 25.3 Å². The van der Waals surface area contributed by atoms with Crippen LogP contribution in [0.1, 0.15) is 11.6 Å². The van der Waals surface area contributed by atoms with Crippen molar-refractivity contribution in [1.29, 1.82) is 0 Å². The van der Waals surface area contributed by atoms with Crippen LogP contribution >= 0.6 is 0 Å². The second-order valence-electron chi connectivity index (χ2n) is 5.85. The van der Waals surface area contributed by atoms with Crippen LogP contribution in [0.25, 0.3) is 0 Å². The van der Waals surface area contributed by atoms with Gasteiger partial charge in [-0.3, -0.25) is 24.5 Å². The number of nitrogens with zero attached hydrogens (tertiary/aromatic N) is 1. The molecule has 0 aliphatic carbocycles. The van der Waals surface area contributed by atoms with Crippen molar-refractivity contribution in [2.24, 2.45) is 11.7 Å². The molecular weight excluding hydrogens is 346 g/mol. The van der Waals surface area contributed by atoms with Crippen LogP contribution in [0.15, 0.2) is 12.1 Å². The number of benzene rings is 1. The van der Waals surface area contributed by atoms with Gasteiger partial charge in [-0.05, 0) is 17.7 Å². The fraction of sp³-hybridized carbons (Fsp3) is 0.438. The number of rotatable bonds is 6. The molecule has 1 aromatic rings. The van der Waals surface area contributed by atoms with Crippen LogP contribution in [0.5, 0.6) is 17.2 Å². The Morgan fingerprint density at radius 3 is 2.27 bits per heavy atom. The second-order valence-corrected chi connectivity index (χ2v) is 5.85. The number of nitrogens with two attached hydrogens (primary N) is 1. The molecule has 2 saturated heterocycles. The first kappa shape index (κ1) is 18.0. The summed E-state index contributed by atoms with van der Waals surface area (Å²) < 4.78 is 16.0. The molecule has 140 valence electrons. The highest BCUT2D eigenvalue weighted by Crippen LogP contribution is 2.46. The van der Waals surface area contributed by atoms with E-state index in [1.165, 1.54) is 26.4 Å². The molecule has 0 saturated carbocycles. The second kappa shape index (κ2) is 6.81. The van der Waals surface area contributed by atoms with Gasteiger partial charge in [-0.15, -0.1) is 0 Å². The quantitative estimate of drug-likeness (QED) is 0.622. The predicted molar refractivity (Wildman–Crippen MR) is 86.3 cm³/mol. The summed E-state index contributed by atoms with van der Waals surface area (Å²) in [6.45, 7) is -0.283. The average Bonchev–Trinajstić information content (AvgIpc) is 3.10. The van der Waals surface area contributed by atoms with Gasteiger partial charge in [-0.2, -0.15) is 5.06 Å². The lowest BCUT2D eigenvalue weighted by molar-refractivity contribution is -0.176. The zero-order chi connectivity index (χ0) is 19.0. The summed E-state index contributed by atoms with van der Waals surface area (Å²) in [6.07, 6.45) is -1.02. The topological polar surface area (TPSA) is 129 Å². The van der Waals surface area contributed by atoms with Crippen molar-refractivity contribution in [1.82, 2.24) is 10.4 Å². The molecule has 3 N–H and O–H groups in total. The fourth-order valence-electron chi connectivity index (χ4n) is 3.32. The molecule has 2 fully saturated rings. The molecule has 2 heterocycles. The number of hydroxylamine groups is 2. The third kappa shape index (κ3) is 2.82. The van der Waals surface area contributed by atoms with Crippen molar-refractivity contribution in [3.63, 3.8) is 0 Å². The number of nitrogens with one attached hydrogen (secondary N) is 1. The molecule has 2 aliphatic heterocycles. The summed E-state index contributed by atoms with van der Waals surface area (Å²) in [5.41, 5.74) is 5.83. The first-order chi connectivity index (χ1) is 12.4.